The number of benzene rings is 2. The predicted octanol–water partition coefficient (Wildman–Crippen LogP) is 5.50. The third-order valence-corrected chi connectivity index (χ3v) is 9.57. The van der Waals surface area contributed by atoms with Crippen molar-refractivity contribution in [3.63, 3.8) is 0 Å². The lowest BCUT2D eigenvalue weighted by molar-refractivity contribution is 0.391. The van der Waals surface area contributed by atoms with Gasteiger partial charge in [-0.3, -0.25) is 0 Å². The van der Waals surface area contributed by atoms with Crippen molar-refractivity contribution in [2.45, 2.75) is 29.4 Å². The van der Waals surface area contributed by atoms with Crippen LogP contribution >= 0.6 is 34.5 Å². The normalized spacial score (nSPS) is 15.0. The van der Waals surface area contributed by atoms with Crippen molar-refractivity contribution in [1.29, 1.82) is 0 Å². The molecular weight excluding hydrogens is 503 g/mol. The molecule has 176 valence electrons. The Kier molecular flexibility index (Phi) is 7.38. The summed E-state index contributed by atoms with van der Waals surface area (Å²) in [6, 6.07) is 10.3. The van der Waals surface area contributed by atoms with Crippen LogP contribution in [0.3, 0.4) is 0 Å². The maximum absolute atomic E-state index is 13.4. The van der Waals surface area contributed by atoms with Crippen molar-refractivity contribution in [3.05, 3.63) is 63.1 Å². The van der Waals surface area contributed by atoms with E-state index in [1.54, 1.807) is 29.5 Å². The third kappa shape index (κ3) is 5.24. The number of aromatic nitrogens is 1. The van der Waals surface area contributed by atoms with E-state index in [2.05, 4.69) is 4.90 Å². The Labute approximate surface area is 208 Å². The van der Waals surface area contributed by atoms with Crippen LogP contribution in [0.4, 0.5) is 5.13 Å². The van der Waals surface area contributed by atoms with Crippen LogP contribution in [0.15, 0.2) is 46.7 Å². The van der Waals surface area contributed by atoms with E-state index in [4.69, 9.17) is 37.7 Å². The molecule has 0 amide bonds. The summed E-state index contributed by atoms with van der Waals surface area (Å²) in [6.07, 6.45) is 1.65. The van der Waals surface area contributed by atoms with Crippen molar-refractivity contribution in [2.24, 2.45) is 0 Å². The molecule has 2 aromatic carbocycles. The van der Waals surface area contributed by atoms with Gasteiger partial charge < -0.3 is 14.4 Å². The molecule has 1 saturated heterocycles. The summed E-state index contributed by atoms with van der Waals surface area (Å²) >= 11 is 13.8. The molecule has 0 radical (unpaired) electrons. The van der Waals surface area contributed by atoms with Crippen LogP contribution in [-0.4, -0.2) is 46.0 Å². The first-order chi connectivity index (χ1) is 15.8. The molecule has 33 heavy (non-hydrogen) atoms. The summed E-state index contributed by atoms with van der Waals surface area (Å²) in [5, 5.41) is 3.65. The molecule has 0 saturated carbocycles. The van der Waals surface area contributed by atoms with E-state index >= 15 is 0 Å². The molecule has 0 atom stereocenters. The first-order valence-corrected chi connectivity index (χ1v) is 13.6. The lowest BCUT2D eigenvalue weighted by atomic mass is 10.1. The van der Waals surface area contributed by atoms with Crippen molar-refractivity contribution >= 4 is 49.5 Å². The van der Waals surface area contributed by atoms with Crippen molar-refractivity contribution in [2.75, 3.05) is 32.2 Å². The van der Waals surface area contributed by atoms with Gasteiger partial charge in [0.1, 0.15) is 16.4 Å². The number of rotatable bonds is 7. The minimum absolute atomic E-state index is 0.180. The van der Waals surface area contributed by atoms with Gasteiger partial charge in [0.2, 0.25) is 0 Å². The highest BCUT2D eigenvalue weighted by atomic mass is 35.5. The highest BCUT2D eigenvalue weighted by Crippen LogP contribution is 2.35. The van der Waals surface area contributed by atoms with Gasteiger partial charge >= 0.3 is 0 Å². The number of anilines is 1. The van der Waals surface area contributed by atoms with E-state index in [9.17, 15) is 8.42 Å². The number of hydrogen-bond donors (Lipinski definition) is 0. The average molecular weight is 527 g/mol. The van der Waals surface area contributed by atoms with Crippen LogP contribution in [0.2, 0.25) is 10.0 Å². The number of hydrogen-bond acceptors (Lipinski definition) is 7. The zero-order valence-electron chi connectivity index (χ0n) is 18.3. The molecule has 6 nitrogen and oxygen atoms in total. The molecule has 0 spiro atoms. The van der Waals surface area contributed by atoms with Crippen LogP contribution in [0, 0.1) is 0 Å². The molecule has 0 aliphatic carbocycles. The van der Waals surface area contributed by atoms with Crippen LogP contribution < -0.4 is 14.4 Å². The summed E-state index contributed by atoms with van der Waals surface area (Å²) in [6.45, 7) is 1.23. The largest absolute Gasteiger partial charge is 0.497 e. The highest BCUT2D eigenvalue weighted by molar-refractivity contribution is 7.92. The molecule has 0 unspecified atom stereocenters. The molecule has 1 fully saturated rings. The number of methoxy groups -OCH3 is 2. The van der Waals surface area contributed by atoms with Crippen LogP contribution in [0.25, 0.3) is 0 Å². The Morgan fingerprint density at radius 1 is 1.09 bits per heavy atom. The van der Waals surface area contributed by atoms with E-state index in [-0.39, 0.29) is 4.90 Å². The Balaban J connectivity index is 1.44. The van der Waals surface area contributed by atoms with Gasteiger partial charge in [-0.1, -0.05) is 29.3 Å². The Morgan fingerprint density at radius 3 is 2.52 bits per heavy atom. The molecule has 0 N–H and O–H groups in total. The van der Waals surface area contributed by atoms with Crippen LogP contribution in [0.1, 0.15) is 24.1 Å². The standard InChI is InChI=1S/C23H24Cl2N2O4S2/c1-30-18-5-6-21(31-2)22(13-18)33(28,29)19-7-9-27(10-8-19)23-26-17(14-32-23)11-15-3-4-16(24)12-20(15)25/h3-6,12-14,19H,7-11H2,1-2H3. The molecule has 1 aliphatic heterocycles. The lowest BCUT2D eigenvalue weighted by Crippen LogP contribution is -2.39. The molecule has 3 aromatic rings. The fourth-order valence-corrected chi connectivity index (χ4v) is 7.18. The number of sulfone groups is 1. The van der Waals surface area contributed by atoms with Gasteiger partial charge in [0.05, 0.1) is 25.2 Å². The SMILES string of the molecule is COc1ccc(OC)c(S(=O)(=O)C2CCN(c3nc(Cc4ccc(Cl)cc4Cl)cs3)CC2)c1. The zero-order valence-corrected chi connectivity index (χ0v) is 21.4. The van der Waals surface area contributed by atoms with Gasteiger partial charge in [0.15, 0.2) is 15.0 Å². The monoisotopic (exact) mass is 526 g/mol. The quantitative estimate of drug-likeness (QED) is 0.404. The number of ether oxygens (including phenoxy) is 2. The molecule has 1 aliphatic rings. The molecule has 4 rings (SSSR count). The third-order valence-electron chi connectivity index (χ3n) is 5.75. The van der Waals surface area contributed by atoms with Gasteiger partial charge in [-0.25, -0.2) is 13.4 Å². The number of halogens is 2. The van der Waals surface area contributed by atoms with Gasteiger partial charge in [-0.05, 0) is 42.7 Å². The van der Waals surface area contributed by atoms with E-state index in [1.165, 1.54) is 20.3 Å². The Hall–Kier alpha value is -2.00. The summed E-state index contributed by atoms with van der Waals surface area (Å²) in [5.41, 5.74) is 1.89. The second-order valence-electron chi connectivity index (χ2n) is 7.78. The number of nitrogens with zero attached hydrogens (tertiary/aromatic N) is 2. The van der Waals surface area contributed by atoms with E-state index in [0.29, 0.717) is 53.9 Å². The average Bonchev–Trinajstić information content (AvgIpc) is 3.29. The maximum Gasteiger partial charge on any atom is 0.185 e. The molecule has 2 heterocycles. The summed E-state index contributed by atoms with van der Waals surface area (Å²) < 4.78 is 37.2. The topological polar surface area (TPSA) is 68.7 Å². The first kappa shape index (κ1) is 24.1. The maximum atomic E-state index is 13.4. The highest BCUT2D eigenvalue weighted by Gasteiger charge is 2.34. The molecule has 0 bridgehead atoms. The Morgan fingerprint density at radius 2 is 1.85 bits per heavy atom. The van der Waals surface area contributed by atoms with Gasteiger partial charge in [0, 0.05) is 41.0 Å². The van der Waals surface area contributed by atoms with Gasteiger partial charge in [0.25, 0.3) is 0 Å². The minimum Gasteiger partial charge on any atom is -0.497 e. The number of piperidine rings is 1. The van der Waals surface area contributed by atoms with Crippen LogP contribution in [0.5, 0.6) is 11.5 Å². The van der Waals surface area contributed by atoms with Gasteiger partial charge in [-0.2, -0.15) is 0 Å². The van der Waals surface area contributed by atoms with Gasteiger partial charge in [-0.15, -0.1) is 11.3 Å². The number of thiazole rings is 1. The van der Waals surface area contributed by atoms with Crippen molar-refractivity contribution in [3.8, 4) is 11.5 Å². The first-order valence-electron chi connectivity index (χ1n) is 10.4. The summed E-state index contributed by atoms with van der Waals surface area (Å²) in [4.78, 5) is 7.08. The Bertz CT molecular complexity index is 1240. The van der Waals surface area contributed by atoms with E-state index in [1.807, 2.05) is 17.5 Å². The summed E-state index contributed by atoms with van der Waals surface area (Å²) in [5.74, 6) is 0.826. The van der Waals surface area contributed by atoms with Crippen molar-refractivity contribution in [1.82, 2.24) is 4.98 Å². The fraction of sp³-hybridized carbons (Fsp3) is 0.348. The second-order valence-corrected chi connectivity index (χ2v) is 11.7. The van der Waals surface area contributed by atoms with E-state index < -0.39 is 15.1 Å². The fourth-order valence-electron chi connectivity index (χ4n) is 3.93. The molecular formula is C23H24Cl2N2O4S2. The zero-order chi connectivity index (χ0) is 23.6. The smallest absolute Gasteiger partial charge is 0.185 e. The minimum atomic E-state index is -3.56. The molecule has 1 aromatic heterocycles. The molecule has 10 heteroatoms. The summed E-state index contributed by atoms with van der Waals surface area (Å²) in [7, 11) is -0.574. The predicted molar refractivity (Wildman–Crippen MR) is 133 cm³/mol. The van der Waals surface area contributed by atoms with E-state index in [0.717, 1.165) is 16.4 Å². The van der Waals surface area contributed by atoms with Crippen LogP contribution in [-0.2, 0) is 16.3 Å². The van der Waals surface area contributed by atoms with Crippen molar-refractivity contribution < 1.29 is 17.9 Å². The second kappa shape index (κ2) is 10.1. The lowest BCUT2D eigenvalue weighted by Gasteiger charge is -2.31.